The van der Waals surface area contributed by atoms with Crippen LogP contribution >= 0.6 is 0 Å². The van der Waals surface area contributed by atoms with Gasteiger partial charge in [0.25, 0.3) is 5.91 Å². The van der Waals surface area contributed by atoms with Crippen molar-refractivity contribution >= 4 is 16.9 Å². The van der Waals surface area contributed by atoms with Gasteiger partial charge in [-0.15, -0.1) is 0 Å². The maximum Gasteiger partial charge on any atom is 0.255 e. The summed E-state index contributed by atoms with van der Waals surface area (Å²) in [6.45, 7) is 3.72. The van der Waals surface area contributed by atoms with Gasteiger partial charge in [-0.25, -0.2) is 0 Å². The number of furan rings is 1. The first-order chi connectivity index (χ1) is 10.5. The number of aromatic hydroxyl groups is 1. The molecule has 0 bridgehead atoms. The van der Waals surface area contributed by atoms with Gasteiger partial charge in [-0.1, -0.05) is 29.8 Å². The number of para-hydroxylation sites is 1. The van der Waals surface area contributed by atoms with E-state index in [0.717, 1.165) is 16.5 Å². The van der Waals surface area contributed by atoms with Crippen molar-refractivity contribution in [3.63, 3.8) is 0 Å². The predicted octanol–water partition coefficient (Wildman–Crippen LogP) is 3.94. The minimum absolute atomic E-state index is 0.0279. The predicted molar refractivity (Wildman–Crippen MR) is 84.9 cm³/mol. The second kappa shape index (κ2) is 5.56. The highest BCUT2D eigenvalue weighted by Crippen LogP contribution is 2.25. The Bertz CT molecular complexity index is 802. The van der Waals surface area contributed by atoms with Crippen molar-refractivity contribution in [1.82, 2.24) is 5.32 Å². The normalized spacial score (nSPS) is 12.3. The van der Waals surface area contributed by atoms with Crippen LogP contribution in [0.2, 0.25) is 0 Å². The molecule has 0 aliphatic carbocycles. The maximum absolute atomic E-state index is 12.3. The molecule has 1 atom stereocenters. The Morgan fingerprint density at radius 3 is 2.73 bits per heavy atom. The Balaban J connectivity index is 1.82. The molecule has 0 radical (unpaired) electrons. The van der Waals surface area contributed by atoms with Crippen LogP contribution in [0.3, 0.4) is 0 Å². The van der Waals surface area contributed by atoms with Gasteiger partial charge >= 0.3 is 0 Å². The van der Waals surface area contributed by atoms with Crippen molar-refractivity contribution in [1.29, 1.82) is 0 Å². The number of benzene rings is 2. The molecular formula is C18H17NO3. The number of amides is 1. The number of carbonyl (C=O) groups excluding carboxylic acids is 1. The van der Waals surface area contributed by atoms with Gasteiger partial charge in [-0.05, 0) is 38.1 Å². The van der Waals surface area contributed by atoms with Crippen LogP contribution in [0.4, 0.5) is 0 Å². The molecule has 112 valence electrons. The molecule has 0 saturated carbocycles. The number of hydrogen-bond acceptors (Lipinski definition) is 3. The lowest BCUT2D eigenvalue weighted by Gasteiger charge is -2.12. The van der Waals surface area contributed by atoms with Gasteiger partial charge in [0.1, 0.15) is 17.1 Å². The number of aryl methyl sites for hydroxylation is 1. The van der Waals surface area contributed by atoms with Gasteiger partial charge in [0, 0.05) is 5.39 Å². The fourth-order valence-electron chi connectivity index (χ4n) is 2.39. The van der Waals surface area contributed by atoms with Crippen LogP contribution < -0.4 is 5.32 Å². The average molecular weight is 295 g/mol. The molecule has 4 nitrogen and oxygen atoms in total. The van der Waals surface area contributed by atoms with Gasteiger partial charge in [0.15, 0.2) is 0 Å². The first-order valence-corrected chi connectivity index (χ1v) is 7.13. The molecule has 1 unspecified atom stereocenters. The molecule has 1 heterocycles. The van der Waals surface area contributed by atoms with Crippen LogP contribution in [-0.2, 0) is 0 Å². The van der Waals surface area contributed by atoms with Gasteiger partial charge in [0.05, 0.1) is 11.6 Å². The van der Waals surface area contributed by atoms with Crippen molar-refractivity contribution in [3.05, 3.63) is 65.4 Å². The first-order valence-electron chi connectivity index (χ1n) is 7.13. The molecule has 2 aromatic carbocycles. The van der Waals surface area contributed by atoms with Crippen LogP contribution in [-0.4, -0.2) is 11.0 Å². The molecule has 0 fully saturated rings. The Hall–Kier alpha value is -2.75. The zero-order valence-electron chi connectivity index (χ0n) is 12.5. The Kier molecular flexibility index (Phi) is 3.59. The summed E-state index contributed by atoms with van der Waals surface area (Å²) in [5.74, 6) is 0.329. The summed E-state index contributed by atoms with van der Waals surface area (Å²) in [5, 5.41) is 13.7. The maximum atomic E-state index is 12.3. The third-order valence-corrected chi connectivity index (χ3v) is 3.62. The van der Waals surface area contributed by atoms with Gasteiger partial charge in [-0.2, -0.15) is 0 Å². The minimum Gasteiger partial charge on any atom is -0.507 e. The number of phenols is 1. The highest BCUT2D eigenvalue weighted by molar-refractivity contribution is 5.97. The summed E-state index contributed by atoms with van der Waals surface area (Å²) < 4.78 is 5.74. The lowest BCUT2D eigenvalue weighted by Crippen LogP contribution is -2.26. The largest absolute Gasteiger partial charge is 0.507 e. The van der Waals surface area contributed by atoms with E-state index in [0.29, 0.717) is 5.76 Å². The van der Waals surface area contributed by atoms with Crippen LogP contribution in [0.1, 0.15) is 34.6 Å². The molecule has 0 aliphatic heterocycles. The molecule has 4 heteroatoms. The van der Waals surface area contributed by atoms with Crippen molar-refractivity contribution in [3.8, 4) is 5.75 Å². The summed E-state index contributed by atoms with van der Waals surface area (Å²) in [5.41, 5.74) is 1.97. The fraction of sp³-hybridized carbons (Fsp3) is 0.167. The lowest BCUT2D eigenvalue weighted by atomic mass is 10.1. The molecule has 2 N–H and O–H groups in total. The van der Waals surface area contributed by atoms with E-state index in [2.05, 4.69) is 5.32 Å². The minimum atomic E-state index is -0.325. The first kappa shape index (κ1) is 14.2. The van der Waals surface area contributed by atoms with E-state index in [1.165, 1.54) is 6.07 Å². The molecule has 0 aliphatic rings. The highest BCUT2D eigenvalue weighted by atomic mass is 16.3. The summed E-state index contributed by atoms with van der Waals surface area (Å²) in [6.07, 6.45) is 0. The van der Waals surface area contributed by atoms with E-state index in [9.17, 15) is 9.90 Å². The van der Waals surface area contributed by atoms with Crippen LogP contribution in [0, 0.1) is 6.92 Å². The van der Waals surface area contributed by atoms with Crippen LogP contribution in [0.25, 0.3) is 11.0 Å². The molecule has 1 amide bonds. The highest BCUT2D eigenvalue weighted by Gasteiger charge is 2.17. The van der Waals surface area contributed by atoms with E-state index in [1.54, 1.807) is 12.1 Å². The van der Waals surface area contributed by atoms with E-state index < -0.39 is 0 Å². The smallest absolute Gasteiger partial charge is 0.255 e. The van der Waals surface area contributed by atoms with Crippen molar-refractivity contribution in [2.45, 2.75) is 19.9 Å². The molecule has 0 spiro atoms. The quantitative estimate of drug-likeness (QED) is 0.769. The number of rotatable bonds is 3. The van der Waals surface area contributed by atoms with Crippen LogP contribution in [0.15, 0.2) is 52.9 Å². The third kappa shape index (κ3) is 2.68. The Labute approximate surface area is 128 Å². The summed E-state index contributed by atoms with van der Waals surface area (Å²) in [4.78, 5) is 12.3. The van der Waals surface area contributed by atoms with Crippen molar-refractivity contribution in [2.24, 2.45) is 0 Å². The van der Waals surface area contributed by atoms with Crippen molar-refractivity contribution in [2.75, 3.05) is 0 Å². The molecular weight excluding hydrogens is 278 g/mol. The Morgan fingerprint density at radius 1 is 1.18 bits per heavy atom. The third-order valence-electron chi connectivity index (χ3n) is 3.62. The second-order valence-electron chi connectivity index (χ2n) is 5.40. The van der Waals surface area contributed by atoms with Gasteiger partial charge < -0.3 is 14.8 Å². The average Bonchev–Trinajstić information content (AvgIpc) is 2.93. The molecule has 0 saturated heterocycles. The Morgan fingerprint density at radius 2 is 1.95 bits per heavy atom. The van der Waals surface area contributed by atoms with Gasteiger partial charge in [0.2, 0.25) is 0 Å². The molecule has 3 aromatic rings. The summed E-state index contributed by atoms with van der Waals surface area (Å²) in [7, 11) is 0. The second-order valence-corrected chi connectivity index (χ2v) is 5.40. The van der Waals surface area contributed by atoms with E-state index in [4.69, 9.17) is 4.42 Å². The molecule has 1 aromatic heterocycles. The van der Waals surface area contributed by atoms with E-state index in [-0.39, 0.29) is 23.3 Å². The number of nitrogens with one attached hydrogen (secondary N) is 1. The van der Waals surface area contributed by atoms with E-state index in [1.807, 2.05) is 44.2 Å². The topological polar surface area (TPSA) is 62.5 Å². The number of hydrogen-bond donors (Lipinski definition) is 2. The van der Waals surface area contributed by atoms with Gasteiger partial charge in [-0.3, -0.25) is 4.79 Å². The number of phenolic OH excluding ortho intramolecular Hbond substituents is 1. The fourth-order valence-corrected chi connectivity index (χ4v) is 2.39. The monoisotopic (exact) mass is 295 g/mol. The molecule has 3 rings (SSSR count). The zero-order chi connectivity index (χ0) is 15.7. The van der Waals surface area contributed by atoms with E-state index >= 15 is 0 Å². The van der Waals surface area contributed by atoms with Crippen LogP contribution in [0.5, 0.6) is 5.75 Å². The number of carbonyl (C=O) groups is 1. The summed E-state index contributed by atoms with van der Waals surface area (Å²) in [6, 6.07) is 14.3. The standard InChI is InChI=1S/C18H17NO3/c1-11-7-8-15(20)14(9-11)18(21)19-12(2)17-10-13-5-3-4-6-16(13)22-17/h3-10,12,20H,1-2H3,(H,19,21). The lowest BCUT2D eigenvalue weighted by molar-refractivity contribution is 0.0933. The number of fused-ring (bicyclic) bond motifs is 1. The SMILES string of the molecule is Cc1ccc(O)c(C(=O)NC(C)c2cc3ccccc3o2)c1. The summed E-state index contributed by atoms with van der Waals surface area (Å²) >= 11 is 0. The molecule has 22 heavy (non-hydrogen) atoms. The zero-order valence-corrected chi connectivity index (χ0v) is 12.5. The van der Waals surface area contributed by atoms with Crippen molar-refractivity contribution < 1.29 is 14.3 Å².